The maximum atomic E-state index is 12.2. The average Bonchev–Trinajstić information content (AvgIpc) is 3.01. The smallest absolute Gasteiger partial charge is 0.224 e. The number of nitrogens with one attached hydrogen (secondary N) is 1. The molecule has 0 radical (unpaired) electrons. The third kappa shape index (κ3) is 2.88. The molecule has 1 saturated carbocycles. The summed E-state index contributed by atoms with van der Waals surface area (Å²) in [5.74, 6) is 1.27. The molecule has 1 fully saturated rings. The summed E-state index contributed by atoms with van der Waals surface area (Å²) >= 11 is 0. The maximum absolute atomic E-state index is 12.2. The zero-order valence-electron chi connectivity index (χ0n) is 12.4. The quantitative estimate of drug-likeness (QED) is 0.785. The van der Waals surface area contributed by atoms with Gasteiger partial charge >= 0.3 is 0 Å². The number of hydrogen-bond acceptors (Lipinski definition) is 4. The van der Waals surface area contributed by atoms with E-state index in [-0.39, 0.29) is 17.7 Å². The van der Waals surface area contributed by atoms with Crippen molar-refractivity contribution in [2.75, 3.05) is 0 Å². The predicted molar refractivity (Wildman–Crippen MR) is 82.8 cm³/mol. The number of furan rings is 1. The summed E-state index contributed by atoms with van der Waals surface area (Å²) in [6, 6.07) is 11.7. The van der Waals surface area contributed by atoms with Crippen LogP contribution in [0.4, 0.5) is 0 Å². The minimum Gasteiger partial charge on any atom is -0.469 e. The largest absolute Gasteiger partial charge is 0.469 e. The predicted octanol–water partition coefficient (Wildman–Crippen LogP) is 2.28. The first kappa shape index (κ1) is 13.8. The second-order valence-electron chi connectivity index (χ2n) is 5.69. The Labute approximate surface area is 133 Å². The van der Waals surface area contributed by atoms with Crippen LogP contribution >= 0.6 is 0 Å². The van der Waals surface area contributed by atoms with Gasteiger partial charge in [-0.2, -0.15) is 5.10 Å². The van der Waals surface area contributed by atoms with Crippen molar-refractivity contribution in [3.8, 4) is 5.69 Å². The highest BCUT2D eigenvalue weighted by molar-refractivity contribution is 5.82. The number of aromatic nitrogens is 3. The molecule has 6 heteroatoms. The molecule has 1 amide bonds. The molecule has 0 spiro atoms. The third-order valence-corrected chi connectivity index (χ3v) is 4.12. The summed E-state index contributed by atoms with van der Waals surface area (Å²) in [6.45, 7) is 0.526. The van der Waals surface area contributed by atoms with E-state index in [0.29, 0.717) is 6.54 Å². The maximum Gasteiger partial charge on any atom is 0.224 e. The van der Waals surface area contributed by atoms with Gasteiger partial charge in [0, 0.05) is 18.4 Å². The summed E-state index contributed by atoms with van der Waals surface area (Å²) in [7, 11) is 0. The van der Waals surface area contributed by atoms with Gasteiger partial charge in [0.1, 0.15) is 18.4 Å². The fraction of sp³-hybridized carbons (Fsp3) is 0.235. The van der Waals surface area contributed by atoms with E-state index in [1.54, 1.807) is 17.3 Å². The van der Waals surface area contributed by atoms with E-state index in [4.69, 9.17) is 4.42 Å². The average molecular weight is 308 g/mol. The Morgan fingerprint density at radius 3 is 2.87 bits per heavy atom. The molecule has 0 saturated heterocycles. The van der Waals surface area contributed by atoms with Crippen molar-refractivity contribution in [2.45, 2.75) is 18.9 Å². The molecule has 4 rings (SSSR count). The van der Waals surface area contributed by atoms with Gasteiger partial charge in [-0.15, -0.1) is 0 Å². The van der Waals surface area contributed by atoms with Crippen LogP contribution < -0.4 is 5.32 Å². The summed E-state index contributed by atoms with van der Waals surface area (Å²) in [5.41, 5.74) is 2.00. The second kappa shape index (κ2) is 5.72. The molecule has 2 heterocycles. The lowest BCUT2D eigenvalue weighted by Crippen LogP contribution is -2.24. The molecular weight excluding hydrogens is 292 g/mol. The third-order valence-electron chi connectivity index (χ3n) is 4.12. The Balaban J connectivity index is 1.32. The van der Waals surface area contributed by atoms with Gasteiger partial charge in [-0.05, 0) is 36.2 Å². The standard InChI is InChI=1S/C17H16N4O2/c22-17(15-8-14(15)16-2-1-7-23-16)19-9-12-3-5-13(6-4-12)21-11-18-10-20-21/h1-7,10-11,14-15H,8-9H2,(H,19,22). The Hall–Kier alpha value is -2.89. The normalized spacial score (nSPS) is 19.5. The van der Waals surface area contributed by atoms with Crippen LogP contribution in [-0.2, 0) is 11.3 Å². The molecule has 6 nitrogen and oxygen atoms in total. The van der Waals surface area contributed by atoms with E-state index >= 15 is 0 Å². The SMILES string of the molecule is O=C(NCc1ccc(-n2cncn2)cc1)C1CC1c1ccco1. The number of nitrogens with zero attached hydrogens (tertiary/aromatic N) is 3. The van der Waals surface area contributed by atoms with E-state index in [2.05, 4.69) is 15.4 Å². The highest BCUT2D eigenvalue weighted by Gasteiger charge is 2.45. The van der Waals surface area contributed by atoms with Gasteiger partial charge in [0.25, 0.3) is 0 Å². The monoisotopic (exact) mass is 308 g/mol. The Morgan fingerprint density at radius 2 is 2.17 bits per heavy atom. The van der Waals surface area contributed by atoms with Crippen molar-refractivity contribution in [1.82, 2.24) is 20.1 Å². The van der Waals surface area contributed by atoms with E-state index in [0.717, 1.165) is 23.4 Å². The summed E-state index contributed by atoms with van der Waals surface area (Å²) in [6.07, 6.45) is 5.67. The molecule has 2 atom stereocenters. The highest BCUT2D eigenvalue weighted by Crippen LogP contribution is 2.47. The summed E-state index contributed by atoms with van der Waals surface area (Å²) in [5, 5.41) is 7.07. The number of amides is 1. The van der Waals surface area contributed by atoms with Crippen molar-refractivity contribution in [3.63, 3.8) is 0 Å². The Morgan fingerprint density at radius 1 is 1.30 bits per heavy atom. The van der Waals surface area contributed by atoms with Gasteiger partial charge in [-0.25, -0.2) is 9.67 Å². The van der Waals surface area contributed by atoms with E-state index in [1.165, 1.54) is 6.33 Å². The van der Waals surface area contributed by atoms with Crippen molar-refractivity contribution in [3.05, 3.63) is 66.6 Å². The molecule has 1 aliphatic rings. The van der Waals surface area contributed by atoms with Crippen LogP contribution in [0.15, 0.2) is 59.7 Å². The second-order valence-corrected chi connectivity index (χ2v) is 5.69. The topological polar surface area (TPSA) is 73.0 Å². The van der Waals surface area contributed by atoms with Crippen molar-refractivity contribution >= 4 is 5.91 Å². The zero-order chi connectivity index (χ0) is 15.6. The van der Waals surface area contributed by atoms with Crippen LogP contribution in [-0.4, -0.2) is 20.7 Å². The van der Waals surface area contributed by atoms with Crippen molar-refractivity contribution in [1.29, 1.82) is 0 Å². The van der Waals surface area contributed by atoms with E-state index in [9.17, 15) is 4.79 Å². The molecule has 3 aromatic rings. The number of rotatable bonds is 5. The number of carbonyl (C=O) groups is 1. The molecule has 1 aliphatic carbocycles. The van der Waals surface area contributed by atoms with Crippen LogP contribution in [0.3, 0.4) is 0 Å². The Kier molecular flexibility index (Phi) is 3.42. The van der Waals surface area contributed by atoms with Gasteiger partial charge in [0.15, 0.2) is 0 Å². The number of carbonyl (C=O) groups excluding carboxylic acids is 1. The fourth-order valence-corrected chi connectivity index (χ4v) is 2.73. The zero-order valence-corrected chi connectivity index (χ0v) is 12.4. The molecule has 0 aliphatic heterocycles. The van der Waals surface area contributed by atoms with Gasteiger partial charge in [-0.3, -0.25) is 4.79 Å². The molecule has 0 bridgehead atoms. The van der Waals surface area contributed by atoms with Crippen molar-refractivity contribution in [2.24, 2.45) is 5.92 Å². The molecule has 2 aromatic heterocycles. The van der Waals surface area contributed by atoms with Crippen LogP contribution in [0.2, 0.25) is 0 Å². The molecule has 1 N–H and O–H groups in total. The van der Waals surface area contributed by atoms with Crippen LogP contribution in [0.25, 0.3) is 5.69 Å². The first-order valence-corrected chi connectivity index (χ1v) is 7.56. The van der Waals surface area contributed by atoms with Gasteiger partial charge in [-0.1, -0.05) is 12.1 Å². The molecule has 116 valence electrons. The molecular formula is C17H16N4O2. The fourth-order valence-electron chi connectivity index (χ4n) is 2.73. The highest BCUT2D eigenvalue weighted by atomic mass is 16.3. The lowest BCUT2D eigenvalue weighted by Gasteiger charge is -2.06. The van der Waals surface area contributed by atoms with Crippen LogP contribution in [0.5, 0.6) is 0 Å². The Bertz CT molecular complexity index is 779. The van der Waals surface area contributed by atoms with Gasteiger partial charge < -0.3 is 9.73 Å². The summed E-state index contributed by atoms with van der Waals surface area (Å²) in [4.78, 5) is 16.1. The van der Waals surface area contributed by atoms with Crippen molar-refractivity contribution < 1.29 is 9.21 Å². The first-order chi connectivity index (χ1) is 11.3. The number of benzene rings is 1. The molecule has 2 unspecified atom stereocenters. The number of hydrogen-bond donors (Lipinski definition) is 1. The lowest BCUT2D eigenvalue weighted by molar-refractivity contribution is -0.122. The first-order valence-electron chi connectivity index (χ1n) is 7.56. The van der Waals surface area contributed by atoms with E-state index in [1.807, 2.05) is 36.4 Å². The minimum absolute atomic E-state index is 0.0376. The molecule has 23 heavy (non-hydrogen) atoms. The molecule has 1 aromatic carbocycles. The lowest BCUT2D eigenvalue weighted by atomic mass is 10.2. The van der Waals surface area contributed by atoms with Crippen LogP contribution in [0, 0.1) is 5.92 Å². The minimum atomic E-state index is 0.0376. The summed E-state index contributed by atoms with van der Waals surface area (Å²) < 4.78 is 7.05. The van der Waals surface area contributed by atoms with Gasteiger partial charge in [0.05, 0.1) is 12.0 Å². The van der Waals surface area contributed by atoms with E-state index < -0.39 is 0 Å². The van der Waals surface area contributed by atoms with Gasteiger partial charge in [0.2, 0.25) is 5.91 Å². The van der Waals surface area contributed by atoms with Crippen LogP contribution in [0.1, 0.15) is 23.7 Å².